The second-order valence-corrected chi connectivity index (χ2v) is 8.96. The lowest BCUT2D eigenvalue weighted by Gasteiger charge is -2.69. The number of carbonyl (C=O) groups excluding carboxylic acids is 1. The lowest BCUT2D eigenvalue weighted by atomic mass is 9.42. The average Bonchev–Trinajstić information content (AvgIpc) is 3.16. The van der Waals surface area contributed by atoms with Crippen molar-refractivity contribution in [3.8, 4) is 0 Å². The number of para-hydroxylation sites is 1. The number of carbonyl (C=O) groups is 1. The third kappa shape index (κ3) is 1.34. The van der Waals surface area contributed by atoms with E-state index in [-0.39, 0.29) is 18.0 Å². The molecule has 5 heterocycles. The average molecular weight is 382 g/mol. The maximum absolute atomic E-state index is 13.7. The third-order valence-electron chi connectivity index (χ3n) is 8.63. The van der Waals surface area contributed by atoms with Crippen LogP contribution in [0.2, 0.25) is 0 Å². The van der Waals surface area contributed by atoms with Crippen LogP contribution in [0.3, 0.4) is 0 Å². The van der Waals surface area contributed by atoms with Crippen LogP contribution < -0.4 is 4.90 Å². The third-order valence-corrected chi connectivity index (χ3v) is 8.63. The first-order valence-corrected chi connectivity index (χ1v) is 10.2. The van der Waals surface area contributed by atoms with Gasteiger partial charge in [0.05, 0.1) is 12.0 Å². The Labute approximate surface area is 164 Å². The van der Waals surface area contributed by atoms with Crippen molar-refractivity contribution >= 4 is 11.7 Å². The van der Waals surface area contributed by atoms with Gasteiger partial charge in [0.1, 0.15) is 17.2 Å². The van der Waals surface area contributed by atoms with Crippen LogP contribution in [0.5, 0.6) is 0 Å². The Morgan fingerprint density at radius 2 is 2.07 bits per heavy atom. The smallest absolute Gasteiger partial charge is 0.319 e. The van der Waals surface area contributed by atoms with Gasteiger partial charge in [-0.1, -0.05) is 24.3 Å². The van der Waals surface area contributed by atoms with E-state index in [9.17, 15) is 9.90 Å². The van der Waals surface area contributed by atoms with E-state index < -0.39 is 22.8 Å². The zero-order valence-corrected chi connectivity index (χ0v) is 16.5. The topological polar surface area (TPSA) is 62.2 Å². The van der Waals surface area contributed by atoms with E-state index in [4.69, 9.17) is 9.47 Å². The summed E-state index contributed by atoms with van der Waals surface area (Å²) < 4.78 is 12.0. The van der Waals surface area contributed by atoms with Gasteiger partial charge in [0.25, 0.3) is 0 Å². The summed E-state index contributed by atoms with van der Waals surface area (Å²) in [5.41, 5.74) is 1.17. The van der Waals surface area contributed by atoms with Gasteiger partial charge in [0, 0.05) is 25.2 Å². The summed E-state index contributed by atoms with van der Waals surface area (Å²) in [5.74, 6) is -0.358. The molecule has 1 spiro atoms. The zero-order chi connectivity index (χ0) is 19.5. The Morgan fingerprint density at radius 3 is 2.86 bits per heavy atom. The SMILES string of the molecule is C/C=C1/CO[C@@H](O)[C@]23C(=O)O[C@H](C[C@@H]12)[C@]12N(C)CC[C@]31c1ccccc1N2C. The minimum atomic E-state index is -1.18. The molecule has 1 aromatic carbocycles. The van der Waals surface area contributed by atoms with Gasteiger partial charge in [-0.05, 0) is 44.0 Å². The van der Waals surface area contributed by atoms with Gasteiger partial charge in [0.15, 0.2) is 6.29 Å². The van der Waals surface area contributed by atoms with Crippen LogP contribution in [-0.4, -0.2) is 61.3 Å². The number of esters is 1. The molecule has 4 saturated heterocycles. The highest BCUT2D eigenvalue weighted by Gasteiger charge is 2.88. The quantitative estimate of drug-likeness (QED) is 0.544. The van der Waals surface area contributed by atoms with Gasteiger partial charge in [-0.15, -0.1) is 0 Å². The molecule has 0 radical (unpaired) electrons. The van der Waals surface area contributed by atoms with Crippen LogP contribution in [0, 0.1) is 11.3 Å². The van der Waals surface area contributed by atoms with Crippen molar-refractivity contribution in [2.24, 2.45) is 11.3 Å². The normalized spacial score (nSPS) is 47.6. The molecule has 1 aliphatic carbocycles. The number of anilines is 1. The van der Waals surface area contributed by atoms with Gasteiger partial charge >= 0.3 is 5.97 Å². The molecule has 0 amide bonds. The zero-order valence-electron chi connectivity index (χ0n) is 16.5. The summed E-state index contributed by atoms with van der Waals surface area (Å²) in [6, 6.07) is 8.35. The first kappa shape index (κ1) is 17.0. The van der Waals surface area contributed by atoms with Crippen LogP contribution in [0.25, 0.3) is 0 Å². The molecule has 1 saturated carbocycles. The highest BCUT2D eigenvalue weighted by Crippen LogP contribution is 2.76. The molecule has 148 valence electrons. The lowest BCUT2D eigenvalue weighted by Crippen LogP contribution is -2.85. The maximum atomic E-state index is 13.7. The van der Waals surface area contributed by atoms with Gasteiger partial charge < -0.3 is 19.5 Å². The van der Waals surface area contributed by atoms with Crippen molar-refractivity contribution in [2.45, 2.75) is 43.2 Å². The predicted molar refractivity (Wildman–Crippen MR) is 103 cm³/mol. The highest BCUT2D eigenvalue weighted by molar-refractivity contribution is 5.89. The molecule has 7 rings (SSSR count). The number of ether oxygens (including phenoxy) is 2. The van der Waals surface area contributed by atoms with E-state index in [1.165, 1.54) is 0 Å². The maximum Gasteiger partial charge on any atom is 0.319 e. The lowest BCUT2D eigenvalue weighted by molar-refractivity contribution is -0.304. The first-order valence-electron chi connectivity index (χ1n) is 10.2. The number of aliphatic hydroxyl groups is 1. The number of fused-ring (bicyclic) bond motifs is 2. The van der Waals surface area contributed by atoms with E-state index in [2.05, 4.69) is 42.1 Å². The summed E-state index contributed by atoms with van der Waals surface area (Å²) in [6.45, 7) is 3.22. The molecule has 6 aliphatic rings. The molecule has 2 bridgehead atoms. The molecule has 6 nitrogen and oxygen atoms in total. The van der Waals surface area contributed by atoms with Gasteiger partial charge in [0.2, 0.25) is 0 Å². The molecule has 28 heavy (non-hydrogen) atoms. The van der Waals surface area contributed by atoms with E-state index in [0.29, 0.717) is 6.61 Å². The number of benzene rings is 1. The number of nitrogens with zero attached hydrogens (tertiary/aromatic N) is 2. The second kappa shape index (κ2) is 4.99. The number of hydrogen-bond donors (Lipinski definition) is 1. The number of hydrogen-bond acceptors (Lipinski definition) is 6. The number of rotatable bonds is 0. The van der Waals surface area contributed by atoms with Gasteiger partial charge in [-0.3, -0.25) is 9.69 Å². The van der Waals surface area contributed by atoms with Crippen molar-refractivity contribution in [1.82, 2.24) is 4.90 Å². The first-order chi connectivity index (χ1) is 13.5. The summed E-state index contributed by atoms with van der Waals surface area (Å²) in [4.78, 5) is 18.3. The fraction of sp³-hybridized carbons (Fsp3) is 0.591. The molecular formula is C22H26N2O4. The second-order valence-electron chi connectivity index (χ2n) is 8.96. The van der Waals surface area contributed by atoms with Crippen LogP contribution >= 0.6 is 0 Å². The van der Waals surface area contributed by atoms with Crippen LogP contribution in [-0.2, 0) is 19.7 Å². The number of likely N-dealkylation sites (N-methyl/N-ethyl adjacent to an activating group) is 2. The van der Waals surface area contributed by atoms with Crippen molar-refractivity contribution < 1.29 is 19.4 Å². The van der Waals surface area contributed by atoms with Crippen LogP contribution in [0.4, 0.5) is 5.69 Å². The molecule has 6 atom stereocenters. The number of aliphatic hydroxyl groups excluding tert-OH is 1. The molecule has 1 aromatic rings. The summed E-state index contributed by atoms with van der Waals surface area (Å²) in [7, 11) is 4.23. The number of likely N-dealkylation sites (tertiary alicyclic amines) is 1. The van der Waals surface area contributed by atoms with Crippen molar-refractivity contribution in [2.75, 3.05) is 32.1 Å². The van der Waals surface area contributed by atoms with Gasteiger partial charge in [-0.25, -0.2) is 0 Å². The molecule has 5 fully saturated rings. The molecule has 0 aromatic heterocycles. The Bertz CT molecular complexity index is 931. The van der Waals surface area contributed by atoms with Crippen molar-refractivity contribution in [1.29, 1.82) is 0 Å². The summed E-state index contributed by atoms with van der Waals surface area (Å²) >= 11 is 0. The Kier molecular flexibility index (Phi) is 3.03. The van der Waals surface area contributed by atoms with Crippen molar-refractivity contribution in [3.63, 3.8) is 0 Å². The number of allylic oxidation sites excluding steroid dienone is 1. The fourth-order valence-electron chi connectivity index (χ4n) is 7.83. The minimum absolute atomic E-state index is 0.0633. The van der Waals surface area contributed by atoms with E-state index >= 15 is 0 Å². The summed E-state index contributed by atoms with van der Waals surface area (Å²) in [5, 5.41) is 11.4. The summed E-state index contributed by atoms with van der Waals surface area (Å²) in [6.07, 6.45) is 2.14. The van der Waals surface area contributed by atoms with Crippen molar-refractivity contribution in [3.05, 3.63) is 41.5 Å². The molecule has 1 N–H and O–H groups in total. The standard InChI is InChI=1S/C22H26N2O4/c1-4-13-12-27-18(25)21-15(13)11-17(28-19(21)26)22-20(21,9-10-23(22)2)14-7-5-6-8-16(14)24(22)3/h4-8,15,17-18,25H,9-12H2,1-3H3/b13-4-/t15-,17+,18+,20-,21-,22+/m0/s1. The van der Waals surface area contributed by atoms with Crippen LogP contribution in [0.15, 0.2) is 35.9 Å². The molecule has 0 unspecified atom stereocenters. The molecule has 5 aliphatic heterocycles. The fourth-order valence-corrected chi connectivity index (χ4v) is 7.83. The Hall–Kier alpha value is -1.89. The van der Waals surface area contributed by atoms with E-state index in [0.717, 1.165) is 36.2 Å². The minimum Gasteiger partial charge on any atom is -0.458 e. The molecule has 6 heteroatoms. The highest BCUT2D eigenvalue weighted by atomic mass is 16.6. The monoisotopic (exact) mass is 382 g/mol. The van der Waals surface area contributed by atoms with E-state index in [1.807, 2.05) is 19.1 Å². The Morgan fingerprint density at radius 1 is 1.29 bits per heavy atom. The van der Waals surface area contributed by atoms with Crippen LogP contribution in [0.1, 0.15) is 25.3 Å². The van der Waals surface area contributed by atoms with E-state index in [1.54, 1.807) is 0 Å². The largest absolute Gasteiger partial charge is 0.458 e. The predicted octanol–water partition coefficient (Wildman–Crippen LogP) is 1.63. The molecular weight excluding hydrogens is 356 g/mol. The van der Waals surface area contributed by atoms with Gasteiger partial charge in [-0.2, -0.15) is 0 Å². The Balaban J connectivity index is 1.76.